The fourth-order valence-corrected chi connectivity index (χ4v) is 4.52. The van der Waals surface area contributed by atoms with Crippen LogP contribution in [0.2, 0.25) is 10.0 Å². The molecule has 4 nitrogen and oxygen atoms in total. The minimum Gasteiger partial charge on any atom is -0.480 e. The number of carbonyl (C=O) groups excluding carboxylic acids is 1. The zero-order valence-corrected chi connectivity index (χ0v) is 15.9. The van der Waals surface area contributed by atoms with Gasteiger partial charge >= 0.3 is 12.1 Å². The summed E-state index contributed by atoms with van der Waals surface area (Å²) in [5.74, 6) is -1.66. The number of fused-ring (bicyclic) bond motifs is 1. The number of ether oxygens (including phenoxy) is 1. The third-order valence-corrected chi connectivity index (χ3v) is 6.55. The molecule has 0 unspecified atom stereocenters. The van der Waals surface area contributed by atoms with E-state index in [9.17, 15) is 22.8 Å². The van der Waals surface area contributed by atoms with E-state index >= 15 is 0 Å². The molecular formula is C17H11Cl2F3O4S. The van der Waals surface area contributed by atoms with E-state index in [1.165, 1.54) is 12.1 Å². The number of alkyl halides is 3. The maximum Gasteiger partial charge on any atom is 0.425 e. The van der Waals surface area contributed by atoms with Gasteiger partial charge in [0.25, 0.3) is 0 Å². The number of hydrogen-bond acceptors (Lipinski definition) is 4. The summed E-state index contributed by atoms with van der Waals surface area (Å²) >= 11 is 12.8. The first kappa shape index (κ1) is 20.0. The molecule has 2 aromatic rings. The Kier molecular flexibility index (Phi) is 4.95. The van der Waals surface area contributed by atoms with Gasteiger partial charge in [-0.2, -0.15) is 13.2 Å². The van der Waals surface area contributed by atoms with Gasteiger partial charge in [-0.15, -0.1) is 11.3 Å². The Morgan fingerprint density at radius 3 is 2.56 bits per heavy atom. The van der Waals surface area contributed by atoms with Crippen molar-refractivity contribution in [2.45, 2.75) is 24.9 Å². The summed E-state index contributed by atoms with van der Waals surface area (Å²) in [7, 11) is 0. The van der Waals surface area contributed by atoms with Crippen molar-refractivity contribution < 1.29 is 32.6 Å². The van der Waals surface area contributed by atoms with E-state index in [1.54, 1.807) is 6.92 Å². The lowest BCUT2D eigenvalue weighted by molar-refractivity contribution is -0.139. The number of Topliss-reactive ketones (excluding diaryl/α,β-unsaturated/α-hetero) is 1. The minimum atomic E-state index is -4.49. The molecule has 1 aromatic heterocycles. The van der Waals surface area contributed by atoms with Crippen LogP contribution in [0.4, 0.5) is 13.2 Å². The highest BCUT2D eigenvalue weighted by molar-refractivity contribution is 7.12. The van der Waals surface area contributed by atoms with Crippen LogP contribution in [0.5, 0.6) is 5.75 Å². The monoisotopic (exact) mass is 438 g/mol. The molecule has 3 rings (SSSR count). The molecule has 1 aliphatic carbocycles. The molecule has 1 N–H and O–H groups in total. The van der Waals surface area contributed by atoms with Crippen molar-refractivity contribution in [3.8, 4) is 5.75 Å². The molecule has 0 saturated heterocycles. The van der Waals surface area contributed by atoms with E-state index in [4.69, 9.17) is 33.0 Å². The zero-order valence-electron chi connectivity index (χ0n) is 13.6. The molecular weight excluding hydrogens is 428 g/mol. The zero-order chi connectivity index (χ0) is 20.1. The Balaban J connectivity index is 2.02. The summed E-state index contributed by atoms with van der Waals surface area (Å²) in [5, 5.41) is 8.51. The van der Waals surface area contributed by atoms with Crippen LogP contribution < -0.4 is 4.74 Å². The van der Waals surface area contributed by atoms with Gasteiger partial charge in [0.05, 0.1) is 10.4 Å². The number of carbonyl (C=O) groups is 2. The van der Waals surface area contributed by atoms with Gasteiger partial charge in [-0.05, 0) is 37.1 Å². The second-order valence-corrected chi connectivity index (χ2v) is 8.06. The van der Waals surface area contributed by atoms with Crippen molar-refractivity contribution in [3.05, 3.63) is 49.1 Å². The standard InChI is InChI=1S/C17H11Cl2F3O4S/c1-16(9-2-3-10(27-9)17(20,21)22)5-7-4-8(26-6-11(23)24)13(18)14(19)12(7)15(16)25/h2-4H,5-6H2,1H3,(H,23,24)/t16-/m1/s1. The second-order valence-electron chi connectivity index (χ2n) is 6.22. The molecule has 27 heavy (non-hydrogen) atoms. The van der Waals surface area contributed by atoms with Crippen molar-refractivity contribution in [2.24, 2.45) is 0 Å². The summed E-state index contributed by atoms with van der Waals surface area (Å²) < 4.78 is 43.8. The van der Waals surface area contributed by atoms with Gasteiger partial charge in [-0.25, -0.2) is 4.79 Å². The molecule has 0 saturated carbocycles. The lowest BCUT2D eigenvalue weighted by atomic mass is 9.84. The van der Waals surface area contributed by atoms with Gasteiger partial charge in [0.1, 0.15) is 15.6 Å². The van der Waals surface area contributed by atoms with Crippen molar-refractivity contribution in [2.75, 3.05) is 6.61 Å². The fourth-order valence-electron chi connectivity index (χ4n) is 3.00. The van der Waals surface area contributed by atoms with Gasteiger partial charge < -0.3 is 9.84 Å². The van der Waals surface area contributed by atoms with Crippen molar-refractivity contribution in [1.29, 1.82) is 0 Å². The quantitative estimate of drug-likeness (QED) is 0.709. The summed E-state index contributed by atoms with van der Waals surface area (Å²) in [6.07, 6.45) is -4.40. The Morgan fingerprint density at radius 2 is 2.00 bits per heavy atom. The molecule has 1 heterocycles. The van der Waals surface area contributed by atoms with Crippen LogP contribution >= 0.6 is 34.5 Å². The molecule has 0 fully saturated rings. The topological polar surface area (TPSA) is 63.6 Å². The number of hydrogen-bond donors (Lipinski definition) is 1. The third-order valence-electron chi connectivity index (χ3n) is 4.31. The second kappa shape index (κ2) is 6.68. The summed E-state index contributed by atoms with van der Waals surface area (Å²) in [6.45, 7) is 0.892. The van der Waals surface area contributed by atoms with Crippen LogP contribution in [0.3, 0.4) is 0 Å². The van der Waals surface area contributed by atoms with Gasteiger partial charge in [0.2, 0.25) is 0 Å². The number of thiophene rings is 1. The van der Waals surface area contributed by atoms with Crippen LogP contribution in [0.25, 0.3) is 0 Å². The number of ketones is 1. The number of rotatable bonds is 4. The highest BCUT2D eigenvalue weighted by atomic mass is 35.5. The van der Waals surface area contributed by atoms with E-state index in [-0.39, 0.29) is 32.7 Å². The molecule has 1 atom stereocenters. The van der Waals surface area contributed by atoms with Crippen molar-refractivity contribution in [3.63, 3.8) is 0 Å². The third kappa shape index (κ3) is 3.41. The van der Waals surface area contributed by atoms with Gasteiger partial charge in [0.15, 0.2) is 12.4 Å². The number of carboxylic acids is 1. The summed E-state index contributed by atoms with van der Waals surface area (Å²) in [4.78, 5) is 23.1. The van der Waals surface area contributed by atoms with Gasteiger partial charge in [-0.1, -0.05) is 23.2 Å². The smallest absolute Gasteiger partial charge is 0.425 e. The predicted octanol–water partition coefficient (Wildman–Crippen LogP) is 5.23. The number of carboxylic acid groups (broad SMARTS) is 1. The number of halogens is 5. The molecule has 0 amide bonds. The molecule has 1 aromatic carbocycles. The number of benzene rings is 1. The normalized spacial score (nSPS) is 19.3. The largest absolute Gasteiger partial charge is 0.480 e. The Bertz CT molecular complexity index is 954. The fraction of sp³-hybridized carbons (Fsp3) is 0.294. The van der Waals surface area contributed by atoms with Gasteiger partial charge in [-0.3, -0.25) is 4.79 Å². The van der Waals surface area contributed by atoms with Crippen LogP contribution in [-0.4, -0.2) is 23.5 Å². The van der Waals surface area contributed by atoms with Crippen molar-refractivity contribution >= 4 is 46.3 Å². The molecule has 0 radical (unpaired) electrons. The van der Waals surface area contributed by atoms with E-state index < -0.39 is 34.8 Å². The summed E-state index contributed by atoms with van der Waals surface area (Å²) in [6, 6.07) is 3.64. The molecule has 144 valence electrons. The first-order valence-corrected chi connectivity index (χ1v) is 9.10. The highest BCUT2D eigenvalue weighted by Crippen LogP contribution is 2.49. The summed E-state index contributed by atoms with van der Waals surface area (Å²) in [5.41, 5.74) is -0.664. The number of aliphatic carboxylic acids is 1. The maximum atomic E-state index is 13.0. The van der Waals surface area contributed by atoms with E-state index in [2.05, 4.69) is 0 Å². The highest BCUT2D eigenvalue weighted by Gasteiger charge is 2.47. The molecule has 1 aliphatic rings. The van der Waals surface area contributed by atoms with E-state index in [0.717, 1.165) is 6.07 Å². The molecule has 10 heteroatoms. The Hall–Kier alpha value is -1.77. The van der Waals surface area contributed by atoms with Crippen LogP contribution in [-0.2, 0) is 22.8 Å². The molecule has 0 spiro atoms. The van der Waals surface area contributed by atoms with Crippen molar-refractivity contribution in [1.82, 2.24) is 0 Å². The van der Waals surface area contributed by atoms with E-state index in [0.29, 0.717) is 16.9 Å². The molecule has 0 aliphatic heterocycles. The van der Waals surface area contributed by atoms with Crippen LogP contribution in [0.15, 0.2) is 18.2 Å². The Morgan fingerprint density at radius 1 is 1.33 bits per heavy atom. The molecule has 0 bridgehead atoms. The lowest BCUT2D eigenvalue weighted by Crippen LogP contribution is -2.28. The average molecular weight is 439 g/mol. The maximum absolute atomic E-state index is 13.0. The van der Waals surface area contributed by atoms with E-state index in [1.807, 2.05) is 0 Å². The average Bonchev–Trinajstić information content (AvgIpc) is 3.15. The van der Waals surface area contributed by atoms with Crippen LogP contribution in [0, 0.1) is 0 Å². The minimum absolute atomic E-state index is 0.00188. The Labute approximate surface area is 165 Å². The predicted molar refractivity (Wildman–Crippen MR) is 94.3 cm³/mol. The first-order valence-electron chi connectivity index (χ1n) is 7.53. The first-order chi connectivity index (χ1) is 12.4. The van der Waals surface area contributed by atoms with Gasteiger partial charge in [0, 0.05) is 10.4 Å². The van der Waals surface area contributed by atoms with Crippen LogP contribution in [0.1, 0.15) is 32.6 Å². The lowest BCUT2D eigenvalue weighted by Gasteiger charge is -2.20. The SMILES string of the molecule is C[C@]1(c2ccc(C(F)(F)F)s2)Cc2cc(OCC(=O)O)c(Cl)c(Cl)c2C1=O.